The Morgan fingerprint density at radius 2 is 0.843 bits per heavy atom. The normalized spacial score (nSPS) is 11.5. The number of aromatic nitrogens is 3. The topological polar surface area (TPSA) is 51.8 Å². The smallest absolute Gasteiger partial charge is 0.164 e. The zero-order valence-corrected chi connectivity index (χ0v) is 27.5. The van der Waals surface area contributed by atoms with Crippen LogP contribution in [0.3, 0.4) is 0 Å². The van der Waals surface area contributed by atoms with E-state index in [1.54, 1.807) is 0 Å². The Balaban J connectivity index is 1.15. The van der Waals surface area contributed by atoms with Crippen LogP contribution in [-0.2, 0) is 0 Å². The quantitative estimate of drug-likeness (QED) is 0.186. The Labute approximate surface area is 294 Å². The largest absolute Gasteiger partial charge is 0.456 e. The summed E-state index contributed by atoms with van der Waals surface area (Å²) in [5.74, 6) is 1.86. The third kappa shape index (κ3) is 5.13. The van der Waals surface area contributed by atoms with Crippen LogP contribution in [0.4, 0.5) is 0 Å². The van der Waals surface area contributed by atoms with Crippen LogP contribution in [0, 0.1) is 0 Å². The van der Waals surface area contributed by atoms with Gasteiger partial charge < -0.3 is 4.42 Å². The molecular formula is C47H29N3O. The average Bonchev–Trinajstić information content (AvgIpc) is 3.57. The zero-order valence-electron chi connectivity index (χ0n) is 27.5. The van der Waals surface area contributed by atoms with Crippen molar-refractivity contribution >= 4 is 43.5 Å². The molecule has 0 unspecified atom stereocenters. The van der Waals surface area contributed by atoms with E-state index in [4.69, 9.17) is 19.4 Å². The van der Waals surface area contributed by atoms with Crippen molar-refractivity contribution < 1.29 is 4.42 Å². The summed E-state index contributed by atoms with van der Waals surface area (Å²) in [5.41, 5.74) is 9.12. The van der Waals surface area contributed by atoms with Gasteiger partial charge in [-0.2, -0.15) is 0 Å². The molecule has 10 rings (SSSR count). The van der Waals surface area contributed by atoms with Crippen molar-refractivity contribution in [3.05, 3.63) is 176 Å². The van der Waals surface area contributed by atoms with Crippen molar-refractivity contribution in [1.82, 2.24) is 15.0 Å². The van der Waals surface area contributed by atoms with Gasteiger partial charge >= 0.3 is 0 Å². The summed E-state index contributed by atoms with van der Waals surface area (Å²) < 4.78 is 6.70. The van der Waals surface area contributed by atoms with Gasteiger partial charge in [-0.3, -0.25) is 0 Å². The number of nitrogens with zero attached hydrogens (tertiary/aromatic N) is 3. The lowest BCUT2D eigenvalue weighted by molar-refractivity contribution is 0.669. The highest BCUT2D eigenvalue weighted by Gasteiger charge is 2.19. The van der Waals surface area contributed by atoms with E-state index in [1.807, 2.05) is 60.7 Å². The summed E-state index contributed by atoms with van der Waals surface area (Å²) in [5, 5.41) is 6.88. The minimum atomic E-state index is 0.597. The van der Waals surface area contributed by atoms with Crippen LogP contribution in [0.2, 0.25) is 0 Å². The summed E-state index contributed by atoms with van der Waals surface area (Å²) in [6.07, 6.45) is 0. The standard InChI is InChI=1S/C47H29N3O/c1-4-12-30(13-5-1)33-20-21-35-27-37(23-22-34(35)26-33)43-39-19-11-10-18-36(39)28-42-44(43)40-25-24-38(29-41(40)51-42)47-49-45(31-14-6-2-7-15-31)48-46(50-47)32-16-8-3-9-17-32/h1-29H. The molecular weight excluding hydrogens is 623 g/mol. The average molecular weight is 652 g/mol. The molecule has 0 saturated carbocycles. The predicted molar refractivity (Wildman–Crippen MR) is 209 cm³/mol. The van der Waals surface area contributed by atoms with Crippen LogP contribution >= 0.6 is 0 Å². The number of rotatable bonds is 5. The van der Waals surface area contributed by atoms with Crippen molar-refractivity contribution in [3.8, 4) is 56.4 Å². The zero-order chi connectivity index (χ0) is 33.7. The molecule has 0 aliphatic carbocycles. The van der Waals surface area contributed by atoms with Gasteiger partial charge in [0.2, 0.25) is 0 Å². The van der Waals surface area contributed by atoms with Crippen LogP contribution < -0.4 is 0 Å². The fourth-order valence-electron chi connectivity index (χ4n) is 7.19. The summed E-state index contributed by atoms with van der Waals surface area (Å²) in [4.78, 5) is 14.8. The first-order chi connectivity index (χ1) is 25.2. The van der Waals surface area contributed by atoms with E-state index >= 15 is 0 Å². The summed E-state index contributed by atoms with van der Waals surface area (Å²) in [6, 6.07) is 61.2. The third-order valence-corrected chi connectivity index (χ3v) is 9.68. The monoisotopic (exact) mass is 651 g/mol. The van der Waals surface area contributed by atoms with Gasteiger partial charge in [-0.15, -0.1) is 0 Å². The van der Waals surface area contributed by atoms with E-state index in [9.17, 15) is 0 Å². The molecule has 0 amide bonds. The Morgan fingerprint density at radius 3 is 1.51 bits per heavy atom. The molecule has 8 aromatic carbocycles. The molecule has 2 heterocycles. The summed E-state index contributed by atoms with van der Waals surface area (Å²) in [7, 11) is 0. The van der Waals surface area contributed by atoms with Gasteiger partial charge in [-0.25, -0.2) is 15.0 Å². The second-order valence-corrected chi connectivity index (χ2v) is 12.8. The van der Waals surface area contributed by atoms with E-state index < -0.39 is 0 Å². The summed E-state index contributed by atoms with van der Waals surface area (Å²) in [6.45, 7) is 0. The van der Waals surface area contributed by atoms with Crippen molar-refractivity contribution in [2.45, 2.75) is 0 Å². The van der Waals surface area contributed by atoms with Crippen LogP contribution in [-0.4, -0.2) is 15.0 Å². The maximum Gasteiger partial charge on any atom is 0.164 e. The van der Waals surface area contributed by atoms with Crippen LogP contribution in [0.1, 0.15) is 0 Å². The highest BCUT2D eigenvalue weighted by molar-refractivity contribution is 6.21. The summed E-state index contributed by atoms with van der Waals surface area (Å²) >= 11 is 0. The lowest BCUT2D eigenvalue weighted by Crippen LogP contribution is -2.00. The molecule has 0 fully saturated rings. The van der Waals surface area contributed by atoms with Crippen LogP contribution in [0.5, 0.6) is 0 Å². The van der Waals surface area contributed by atoms with Crippen molar-refractivity contribution in [3.63, 3.8) is 0 Å². The first kappa shape index (κ1) is 29.0. The molecule has 0 aliphatic heterocycles. The predicted octanol–water partition coefficient (Wildman–Crippen LogP) is 12.4. The molecule has 0 radical (unpaired) electrons. The molecule has 10 aromatic rings. The third-order valence-electron chi connectivity index (χ3n) is 9.68. The molecule has 4 nitrogen and oxygen atoms in total. The molecule has 51 heavy (non-hydrogen) atoms. The number of benzene rings is 8. The Hall–Kier alpha value is -6.91. The van der Waals surface area contributed by atoms with Gasteiger partial charge in [0.05, 0.1) is 0 Å². The molecule has 0 N–H and O–H groups in total. The molecule has 4 heteroatoms. The lowest BCUT2D eigenvalue weighted by Gasteiger charge is -2.11. The molecule has 2 aromatic heterocycles. The molecule has 0 atom stereocenters. The van der Waals surface area contributed by atoms with E-state index in [-0.39, 0.29) is 0 Å². The number of furan rings is 1. The fourth-order valence-corrected chi connectivity index (χ4v) is 7.19. The molecule has 0 bridgehead atoms. The number of hydrogen-bond acceptors (Lipinski definition) is 4. The first-order valence-corrected chi connectivity index (χ1v) is 17.1. The van der Waals surface area contributed by atoms with Gasteiger partial charge in [0.25, 0.3) is 0 Å². The molecule has 0 aliphatic rings. The fraction of sp³-hybridized carbons (Fsp3) is 0. The Bertz CT molecular complexity index is 2840. The van der Waals surface area contributed by atoms with Gasteiger partial charge in [0.15, 0.2) is 17.5 Å². The number of fused-ring (bicyclic) bond motifs is 5. The Kier molecular flexibility index (Phi) is 6.78. The minimum absolute atomic E-state index is 0.597. The van der Waals surface area contributed by atoms with E-state index in [0.29, 0.717) is 17.5 Å². The van der Waals surface area contributed by atoms with Crippen molar-refractivity contribution in [2.75, 3.05) is 0 Å². The van der Waals surface area contributed by atoms with Crippen LogP contribution in [0.25, 0.3) is 99.9 Å². The maximum absolute atomic E-state index is 6.70. The van der Waals surface area contributed by atoms with Gasteiger partial charge in [0, 0.05) is 33.0 Å². The maximum atomic E-state index is 6.70. The highest BCUT2D eigenvalue weighted by Crippen LogP contribution is 2.43. The van der Waals surface area contributed by atoms with Crippen molar-refractivity contribution in [2.24, 2.45) is 0 Å². The first-order valence-electron chi connectivity index (χ1n) is 17.1. The van der Waals surface area contributed by atoms with Gasteiger partial charge in [-0.1, -0.05) is 146 Å². The number of hydrogen-bond donors (Lipinski definition) is 0. The second kappa shape index (κ2) is 11.9. The Morgan fingerprint density at radius 1 is 0.314 bits per heavy atom. The van der Waals surface area contributed by atoms with E-state index in [2.05, 4.69) is 115 Å². The van der Waals surface area contributed by atoms with E-state index in [0.717, 1.165) is 49.6 Å². The van der Waals surface area contributed by atoms with Crippen LogP contribution in [0.15, 0.2) is 180 Å². The van der Waals surface area contributed by atoms with Crippen molar-refractivity contribution in [1.29, 1.82) is 0 Å². The highest BCUT2D eigenvalue weighted by atomic mass is 16.3. The molecule has 0 saturated heterocycles. The molecule has 0 spiro atoms. The minimum Gasteiger partial charge on any atom is -0.456 e. The molecule has 238 valence electrons. The second-order valence-electron chi connectivity index (χ2n) is 12.8. The van der Waals surface area contributed by atoms with E-state index in [1.165, 1.54) is 32.8 Å². The SMILES string of the molecule is c1ccc(-c2ccc3cc(-c4c5ccccc5cc5oc6cc(-c7nc(-c8ccccc8)nc(-c8ccccc8)n7)ccc6c45)ccc3c2)cc1. The lowest BCUT2D eigenvalue weighted by atomic mass is 9.91. The van der Waals surface area contributed by atoms with Gasteiger partial charge in [-0.05, 0) is 68.6 Å². The van der Waals surface area contributed by atoms with Gasteiger partial charge in [0.1, 0.15) is 11.2 Å².